The number of hydrogen-bond donors (Lipinski definition) is 4. The zero-order valence-corrected chi connectivity index (χ0v) is 47.9. The van der Waals surface area contributed by atoms with Gasteiger partial charge in [0.15, 0.2) is 16.6 Å². The number of ether oxygens (including phenoxy) is 1. The van der Waals surface area contributed by atoms with Crippen LogP contribution in [0.25, 0.3) is 10.2 Å². The predicted molar refractivity (Wildman–Crippen MR) is 294 cm³/mol. The van der Waals surface area contributed by atoms with Gasteiger partial charge in [-0.05, 0) is 169 Å². The molecule has 420 valence electrons. The molecule has 0 spiro atoms. The Morgan fingerprint density at radius 3 is 2.32 bits per heavy atom. The van der Waals surface area contributed by atoms with Gasteiger partial charge in [0.2, 0.25) is 17.7 Å². The van der Waals surface area contributed by atoms with Crippen molar-refractivity contribution in [2.45, 2.75) is 177 Å². The van der Waals surface area contributed by atoms with Gasteiger partial charge in [0.05, 0.1) is 16.3 Å². The van der Waals surface area contributed by atoms with E-state index in [4.69, 9.17) is 4.74 Å². The number of rotatable bonds is 22. The van der Waals surface area contributed by atoms with Crippen molar-refractivity contribution in [2.75, 3.05) is 33.2 Å². The monoisotopic (exact) mass is 1080 g/mol. The third kappa shape index (κ3) is 13.2. The van der Waals surface area contributed by atoms with Gasteiger partial charge in [-0.1, -0.05) is 34.6 Å². The van der Waals surface area contributed by atoms with Crippen molar-refractivity contribution >= 4 is 62.9 Å². The third-order valence-electron chi connectivity index (χ3n) is 19.4. The molecule has 4 fully saturated rings. The van der Waals surface area contributed by atoms with E-state index in [9.17, 15) is 49.0 Å². The lowest BCUT2D eigenvalue weighted by Gasteiger charge is -2.61. The number of unbranched alkanes of at least 4 members (excludes halogenated alkanes) is 1. The minimum atomic E-state index is -1.09. The highest BCUT2D eigenvalue weighted by Gasteiger charge is 2.60. The Morgan fingerprint density at radius 1 is 0.883 bits per heavy atom. The zero-order chi connectivity index (χ0) is 56.1. The maximum absolute atomic E-state index is 13.7. The smallest absolute Gasteiger partial charge is 0.415 e. The van der Waals surface area contributed by atoms with Gasteiger partial charge in [0.1, 0.15) is 17.9 Å². The lowest BCUT2D eigenvalue weighted by Crippen LogP contribution is -2.54. The average molecular weight is 1080 g/mol. The van der Waals surface area contributed by atoms with E-state index in [1.807, 2.05) is 6.07 Å². The van der Waals surface area contributed by atoms with Crippen molar-refractivity contribution in [1.82, 2.24) is 25.4 Å². The van der Waals surface area contributed by atoms with Crippen LogP contribution in [0.15, 0.2) is 40.5 Å². The maximum atomic E-state index is 13.7. The van der Waals surface area contributed by atoms with Crippen LogP contribution in [0.1, 0.15) is 170 Å². The van der Waals surface area contributed by atoms with Crippen LogP contribution in [-0.4, -0.2) is 112 Å². The summed E-state index contributed by atoms with van der Waals surface area (Å²) in [6.45, 7) is 16.3. The fraction of sp³-hybridized carbons (Fsp3) is 0.683. The Morgan fingerprint density at radius 2 is 1.60 bits per heavy atom. The number of likely N-dealkylation sites (N-methyl/N-ethyl adjacent to an activating group) is 1. The lowest BCUT2D eigenvalue weighted by molar-refractivity contribution is -0.142. The molecule has 1 aromatic carbocycles. The van der Waals surface area contributed by atoms with Gasteiger partial charge in [-0.2, -0.15) is 5.26 Å². The first kappa shape index (κ1) is 59.2. The van der Waals surface area contributed by atoms with Crippen LogP contribution in [0.5, 0.6) is 5.75 Å². The number of aliphatic carboxylic acids is 1. The van der Waals surface area contributed by atoms with E-state index < -0.39 is 23.5 Å². The number of aromatic nitrogens is 1. The van der Waals surface area contributed by atoms with Crippen LogP contribution in [0, 0.1) is 63.1 Å². The number of nitrogens with one attached hydrogen (secondary N) is 2. The molecule has 16 nitrogen and oxygen atoms in total. The number of nitriles is 1. The SMILES string of the molecule is CC1=C(C)C(=O)C(C(C)(C)CC(=O)N(C)CCN(CCCC(=O)NCCCCC(NC(=O)CCC(C)[C@H]2CC[C@H]3[C@@H]4CC[C@@H]5C[C@H](O)CC[C@]5(C)[C@H]4CC[C@]23C)C(=O)O)C(=O)Oc2ccc3nc(C#N)sc3c2)=C(C)C1=O. The van der Waals surface area contributed by atoms with E-state index >= 15 is 0 Å². The van der Waals surface area contributed by atoms with Crippen molar-refractivity contribution in [3.63, 3.8) is 0 Å². The highest BCUT2D eigenvalue weighted by molar-refractivity contribution is 7.19. The molecule has 0 bridgehead atoms. The number of hydrogen-bond acceptors (Lipinski definition) is 12. The first-order valence-corrected chi connectivity index (χ1v) is 29.2. The van der Waals surface area contributed by atoms with E-state index in [0.717, 1.165) is 37.5 Å². The lowest BCUT2D eigenvalue weighted by atomic mass is 9.44. The summed E-state index contributed by atoms with van der Waals surface area (Å²) in [6, 6.07) is 5.85. The van der Waals surface area contributed by atoms with Gasteiger partial charge in [-0.15, -0.1) is 11.3 Å². The second-order valence-electron chi connectivity index (χ2n) is 24.6. The van der Waals surface area contributed by atoms with Gasteiger partial charge in [0, 0.05) is 86.3 Å². The van der Waals surface area contributed by atoms with Crippen molar-refractivity contribution in [3.8, 4) is 11.8 Å². The number of aliphatic hydroxyl groups is 1. The van der Waals surface area contributed by atoms with Crippen molar-refractivity contribution in [3.05, 3.63) is 45.5 Å². The summed E-state index contributed by atoms with van der Waals surface area (Å²) in [6.07, 6.45) is 12.1. The second-order valence-corrected chi connectivity index (χ2v) is 25.7. The molecule has 0 saturated heterocycles. The molecule has 7 rings (SSSR count). The summed E-state index contributed by atoms with van der Waals surface area (Å²) in [5.41, 5.74) is 1.64. The highest BCUT2D eigenvalue weighted by Crippen LogP contribution is 2.68. The summed E-state index contributed by atoms with van der Waals surface area (Å²) in [7, 11) is 1.60. The summed E-state index contributed by atoms with van der Waals surface area (Å²) < 4.78 is 6.43. The molecule has 5 aliphatic carbocycles. The number of carboxylic acids is 1. The molecule has 17 heteroatoms. The number of amides is 4. The molecule has 1 aromatic heterocycles. The van der Waals surface area contributed by atoms with E-state index in [-0.39, 0.29) is 103 Å². The fourth-order valence-corrected chi connectivity index (χ4v) is 15.7. The first-order valence-electron chi connectivity index (χ1n) is 28.3. The Labute approximate surface area is 459 Å². The quantitative estimate of drug-likeness (QED) is 0.0637. The summed E-state index contributed by atoms with van der Waals surface area (Å²) >= 11 is 1.17. The van der Waals surface area contributed by atoms with Crippen LogP contribution in [0.2, 0.25) is 0 Å². The number of carbonyl (C=O) groups excluding carboxylic acids is 6. The molecular formula is C60H84N6O10S. The molecule has 1 heterocycles. The summed E-state index contributed by atoms with van der Waals surface area (Å²) in [4.78, 5) is 99.4. The minimum Gasteiger partial charge on any atom is -0.480 e. The van der Waals surface area contributed by atoms with E-state index in [1.54, 1.807) is 59.9 Å². The fourth-order valence-electron chi connectivity index (χ4n) is 14.9. The van der Waals surface area contributed by atoms with Gasteiger partial charge >= 0.3 is 12.1 Å². The summed E-state index contributed by atoms with van der Waals surface area (Å²) in [5.74, 6) is 1.60. The van der Waals surface area contributed by atoms with E-state index in [0.29, 0.717) is 81.0 Å². The second kappa shape index (κ2) is 24.7. The molecule has 4 N–H and O–H groups in total. The molecule has 77 heavy (non-hydrogen) atoms. The van der Waals surface area contributed by atoms with Crippen molar-refractivity contribution in [2.24, 2.45) is 51.8 Å². The van der Waals surface area contributed by atoms with Gasteiger partial charge in [-0.25, -0.2) is 14.6 Å². The molecule has 10 atom stereocenters. The van der Waals surface area contributed by atoms with Crippen LogP contribution < -0.4 is 15.4 Å². The normalized spacial score (nSPS) is 27.0. The molecule has 0 radical (unpaired) electrons. The number of aliphatic hydroxyl groups excluding tert-OH is 1. The Balaban J connectivity index is 0.845. The molecule has 0 aliphatic heterocycles. The molecular weight excluding hydrogens is 997 g/mol. The van der Waals surface area contributed by atoms with Gasteiger partial charge < -0.3 is 35.4 Å². The van der Waals surface area contributed by atoms with Crippen molar-refractivity contribution < 1.29 is 48.5 Å². The van der Waals surface area contributed by atoms with E-state index in [1.165, 1.54) is 59.7 Å². The number of nitrogens with zero attached hydrogens (tertiary/aromatic N) is 4. The average Bonchev–Trinajstić information content (AvgIpc) is 4.03. The number of fused-ring (bicyclic) bond motifs is 6. The number of Topliss-reactive ketones (excluding diaryl/α,β-unsaturated/α-hetero) is 2. The summed E-state index contributed by atoms with van der Waals surface area (Å²) in [5, 5.41) is 35.7. The van der Waals surface area contributed by atoms with Crippen molar-refractivity contribution in [1.29, 1.82) is 5.26 Å². The number of allylic oxidation sites excluding steroid dienone is 4. The maximum Gasteiger partial charge on any atom is 0.415 e. The highest BCUT2D eigenvalue weighted by atomic mass is 32.1. The van der Waals surface area contributed by atoms with Gasteiger partial charge in [0.25, 0.3) is 0 Å². The zero-order valence-electron chi connectivity index (χ0n) is 47.1. The number of thiazole rings is 1. The molecule has 2 unspecified atom stereocenters. The molecule has 4 saturated carbocycles. The van der Waals surface area contributed by atoms with Crippen LogP contribution in [0.3, 0.4) is 0 Å². The number of ketones is 2. The largest absolute Gasteiger partial charge is 0.480 e. The third-order valence-corrected chi connectivity index (χ3v) is 20.4. The molecule has 5 aliphatic rings. The number of carboxylic acid groups (broad SMARTS) is 1. The predicted octanol–water partition coefficient (Wildman–Crippen LogP) is 9.72. The number of carbonyl (C=O) groups is 7. The van der Waals surface area contributed by atoms with Crippen LogP contribution in [-0.2, 0) is 28.8 Å². The first-order chi connectivity index (χ1) is 36.4. The Bertz CT molecular complexity index is 2700. The Hall–Kier alpha value is -5.47. The molecule has 4 amide bonds. The topological polar surface area (TPSA) is 236 Å². The minimum absolute atomic E-state index is 0.0556. The standard InChI is InChI=1S/C60H84N6O10S/c1-35(43-19-20-44-42-18-16-39-31-40(67)23-25-59(39,7)45(42)24-26-60(43,44)8)15-22-50(69)63-47(56(73)74)13-10-11-27-62-49(68)14-12-28-66(57(75)76-41-17-21-46-48(32-41)77-51(34-61)64-46)30-29-65(9)52(70)33-58(5,6)53-38(4)54(71)36(2)37(3)55(53)72/h17,21,32,35,39-40,42-45,47,67H,10-16,18-20,22-31,33H2,1-9H3,(H,62,68)(H,63,69)(H,73,74)/t35?,39-,40-,42+,43-,44+,45+,47?,59+,60-/m1/s1. The Kier molecular flexibility index (Phi) is 19.0. The van der Waals surface area contributed by atoms with E-state index in [2.05, 4.69) is 36.4 Å². The van der Waals surface area contributed by atoms with Crippen LogP contribution >= 0.6 is 11.3 Å². The van der Waals surface area contributed by atoms with Crippen LogP contribution in [0.4, 0.5) is 4.79 Å². The van der Waals surface area contributed by atoms with Gasteiger partial charge in [-0.3, -0.25) is 24.0 Å². The molecule has 2 aromatic rings. The number of benzene rings is 1.